The van der Waals surface area contributed by atoms with Crippen molar-refractivity contribution in [3.8, 4) is 17.1 Å². The Balaban J connectivity index is 1.39. The fraction of sp³-hybridized carbons (Fsp3) is 0.471. The molecule has 7 heteroatoms. The summed E-state index contributed by atoms with van der Waals surface area (Å²) in [7, 11) is 1.63. The minimum atomic E-state index is -0.196. The Morgan fingerprint density at radius 3 is 2.92 bits per heavy atom. The van der Waals surface area contributed by atoms with E-state index in [1.807, 2.05) is 24.3 Å². The minimum absolute atomic E-state index is 0.131. The smallest absolute Gasteiger partial charge is 0.228 e. The maximum Gasteiger partial charge on any atom is 0.228 e. The Kier molecular flexibility index (Phi) is 3.72. The highest BCUT2D eigenvalue weighted by Crippen LogP contribution is 2.49. The average molecular weight is 327 g/mol. The fourth-order valence-corrected chi connectivity index (χ4v) is 3.66. The van der Waals surface area contributed by atoms with Gasteiger partial charge in [0.05, 0.1) is 19.1 Å². The lowest BCUT2D eigenvalue weighted by molar-refractivity contribution is -0.138. The minimum Gasteiger partial charge on any atom is -0.497 e. The topological polar surface area (TPSA) is 91.9 Å². The van der Waals surface area contributed by atoms with Crippen LogP contribution in [-0.4, -0.2) is 41.3 Å². The molecule has 1 amide bonds. The molecule has 0 radical (unpaired) electrons. The van der Waals surface area contributed by atoms with Gasteiger partial charge in [-0.1, -0.05) is 0 Å². The Bertz CT molecular complexity index is 742. The Labute approximate surface area is 140 Å². The van der Waals surface area contributed by atoms with Gasteiger partial charge in [-0.2, -0.15) is 5.10 Å². The number of aromatic nitrogens is 3. The summed E-state index contributed by atoms with van der Waals surface area (Å²) in [4.78, 5) is 17.0. The van der Waals surface area contributed by atoms with Crippen LogP contribution < -0.4 is 15.4 Å². The second kappa shape index (κ2) is 5.90. The summed E-state index contributed by atoms with van der Waals surface area (Å²) in [6, 6.07) is 7.56. The Morgan fingerprint density at radius 1 is 1.42 bits per heavy atom. The van der Waals surface area contributed by atoms with E-state index in [-0.39, 0.29) is 11.3 Å². The molecule has 2 heterocycles. The van der Waals surface area contributed by atoms with E-state index >= 15 is 0 Å². The summed E-state index contributed by atoms with van der Waals surface area (Å²) in [5.41, 5.74) is 0.709. The van der Waals surface area contributed by atoms with Gasteiger partial charge in [-0.05, 0) is 49.6 Å². The molecule has 0 unspecified atom stereocenters. The number of methoxy groups -OCH3 is 1. The number of rotatable bonds is 5. The fourth-order valence-electron chi connectivity index (χ4n) is 3.66. The van der Waals surface area contributed by atoms with Crippen molar-refractivity contribution >= 4 is 5.91 Å². The molecule has 3 N–H and O–H groups in total. The van der Waals surface area contributed by atoms with E-state index < -0.39 is 0 Å². The van der Waals surface area contributed by atoms with Crippen LogP contribution in [0, 0.1) is 11.3 Å². The summed E-state index contributed by atoms with van der Waals surface area (Å²) in [5, 5.41) is 13.5. The van der Waals surface area contributed by atoms with Gasteiger partial charge in [-0.25, -0.2) is 4.98 Å². The number of nitrogens with one attached hydrogen (secondary N) is 3. The number of benzene rings is 1. The maximum absolute atomic E-state index is 12.5. The van der Waals surface area contributed by atoms with Crippen LogP contribution in [0.1, 0.15) is 18.7 Å². The first-order chi connectivity index (χ1) is 11.7. The lowest BCUT2D eigenvalue weighted by Crippen LogP contribution is -2.51. The normalized spacial score (nSPS) is 25.0. The largest absolute Gasteiger partial charge is 0.497 e. The Morgan fingerprint density at radius 2 is 2.25 bits per heavy atom. The number of hydrogen-bond acceptors (Lipinski definition) is 5. The second-order valence-corrected chi connectivity index (χ2v) is 6.54. The summed E-state index contributed by atoms with van der Waals surface area (Å²) >= 11 is 0. The number of carbonyl (C=O) groups excluding carboxylic acids is 1. The molecule has 1 aliphatic carbocycles. The number of aromatic amines is 1. The van der Waals surface area contributed by atoms with Crippen molar-refractivity contribution in [1.82, 2.24) is 25.8 Å². The van der Waals surface area contributed by atoms with E-state index in [9.17, 15) is 4.79 Å². The van der Waals surface area contributed by atoms with Crippen LogP contribution in [0.15, 0.2) is 24.3 Å². The van der Waals surface area contributed by atoms with Crippen LogP contribution in [-0.2, 0) is 11.3 Å². The molecule has 7 nitrogen and oxygen atoms in total. The standard InChI is InChI=1S/C17H21N5O2/c1-24-13-4-2-11(3-5-13)15-20-14(21-22-15)9-19-16(23)17-7-6-12(17)8-18-10-17/h2-5,12,18H,6-10H2,1H3,(H,19,23)(H,20,21,22)/t12-,17-/m0/s1. The third kappa shape index (κ3) is 2.45. The van der Waals surface area contributed by atoms with Gasteiger partial charge in [-0.3, -0.25) is 9.89 Å². The van der Waals surface area contributed by atoms with Crippen LogP contribution >= 0.6 is 0 Å². The zero-order valence-corrected chi connectivity index (χ0v) is 13.6. The van der Waals surface area contributed by atoms with Crippen molar-refractivity contribution in [2.24, 2.45) is 11.3 Å². The first-order valence-electron chi connectivity index (χ1n) is 8.26. The van der Waals surface area contributed by atoms with Crippen molar-refractivity contribution in [3.63, 3.8) is 0 Å². The third-order valence-electron chi connectivity index (χ3n) is 5.30. The van der Waals surface area contributed by atoms with Gasteiger partial charge in [-0.15, -0.1) is 0 Å². The summed E-state index contributed by atoms with van der Waals surface area (Å²) in [6.45, 7) is 2.12. The van der Waals surface area contributed by atoms with Gasteiger partial charge < -0.3 is 15.4 Å². The lowest BCUT2D eigenvalue weighted by atomic mass is 9.61. The molecule has 4 rings (SSSR count). The second-order valence-electron chi connectivity index (χ2n) is 6.54. The molecule has 1 aliphatic heterocycles. The van der Waals surface area contributed by atoms with Crippen LogP contribution in [0.4, 0.5) is 0 Å². The number of H-pyrrole nitrogens is 1. The molecule has 2 aliphatic rings. The zero-order chi connectivity index (χ0) is 16.6. The highest BCUT2D eigenvalue weighted by molar-refractivity contribution is 5.84. The summed E-state index contributed by atoms with van der Waals surface area (Å²) in [6.07, 6.45) is 2.12. The molecule has 1 saturated carbocycles. The van der Waals surface area contributed by atoms with E-state index in [1.165, 1.54) is 0 Å². The first-order valence-corrected chi connectivity index (χ1v) is 8.26. The molecule has 24 heavy (non-hydrogen) atoms. The molecule has 2 aromatic rings. The van der Waals surface area contributed by atoms with Gasteiger partial charge in [0.15, 0.2) is 5.82 Å². The molecule has 0 bridgehead atoms. The monoisotopic (exact) mass is 327 g/mol. The zero-order valence-electron chi connectivity index (χ0n) is 13.6. The van der Waals surface area contributed by atoms with E-state index in [2.05, 4.69) is 25.8 Å². The van der Waals surface area contributed by atoms with Gasteiger partial charge in [0.2, 0.25) is 5.91 Å². The number of carbonyl (C=O) groups is 1. The third-order valence-corrected chi connectivity index (χ3v) is 5.30. The highest BCUT2D eigenvalue weighted by Gasteiger charge is 2.55. The molecular weight excluding hydrogens is 306 g/mol. The average Bonchev–Trinajstić information content (AvgIpc) is 3.18. The maximum atomic E-state index is 12.5. The molecule has 126 valence electrons. The van der Waals surface area contributed by atoms with Crippen molar-refractivity contribution < 1.29 is 9.53 Å². The lowest BCUT2D eigenvalue weighted by Gasteiger charge is -2.42. The predicted octanol–water partition coefficient (Wildman–Crippen LogP) is 1.10. The molecule has 1 saturated heterocycles. The first kappa shape index (κ1) is 15.1. The van der Waals surface area contributed by atoms with E-state index in [4.69, 9.17) is 4.74 Å². The Hall–Kier alpha value is -2.41. The van der Waals surface area contributed by atoms with E-state index in [0.29, 0.717) is 24.1 Å². The summed E-state index contributed by atoms with van der Waals surface area (Å²) in [5.74, 6) is 2.69. The van der Waals surface area contributed by atoms with Gasteiger partial charge >= 0.3 is 0 Å². The van der Waals surface area contributed by atoms with Crippen LogP contribution in [0.2, 0.25) is 0 Å². The summed E-state index contributed by atoms with van der Waals surface area (Å²) < 4.78 is 5.15. The van der Waals surface area contributed by atoms with Crippen molar-refractivity contribution in [2.45, 2.75) is 19.4 Å². The number of fused-ring (bicyclic) bond motifs is 1. The molecular formula is C17H21N5O2. The van der Waals surface area contributed by atoms with E-state index in [1.54, 1.807) is 7.11 Å². The highest BCUT2D eigenvalue weighted by atomic mass is 16.5. The molecule has 2 atom stereocenters. The molecule has 1 aromatic heterocycles. The number of ether oxygens (including phenoxy) is 1. The molecule has 0 spiro atoms. The van der Waals surface area contributed by atoms with Crippen molar-refractivity contribution in [1.29, 1.82) is 0 Å². The quantitative estimate of drug-likeness (QED) is 0.765. The van der Waals surface area contributed by atoms with Crippen LogP contribution in [0.5, 0.6) is 5.75 Å². The van der Waals surface area contributed by atoms with Crippen LogP contribution in [0.25, 0.3) is 11.4 Å². The van der Waals surface area contributed by atoms with Gasteiger partial charge in [0, 0.05) is 12.1 Å². The van der Waals surface area contributed by atoms with E-state index in [0.717, 1.165) is 37.2 Å². The predicted molar refractivity (Wildman–Crippen MR) is 88.2 cm³/mol. The molecule has 2 fully saturated rings. The van der Waals surface area contributed by atoms with Gasteiger partial charge in [0.1, 0.15) is 11.6 Å². The number of amides is 1. The number of nitrogens with zero attached hydrogens (tertiary/aromatic N) is 2. The molecule has 1 aromatic carbocycles. The van der Waals surface area contributed by atoms with Crippen molar-refractivity contribution in [2.75, 3.05) is 20.2 Å². The SMILES string of the molecule is COc1ccc(-c2n[nH]c(CNC(=O)[C@]34CC[C@H]3CNC4)n2)cc1. The van der Waals surface area contributed by atoms with Gasteiger partial charge in [0.25, 0.3) is 0 Å². The number of hydrogen-bond donors (Lipinski definition) is 3. The van der Waals surface area contributed by atoms with Crippen LogP contribution in [0.3, 0.4) is 0 Å². The van der Waals surface area contributed by atoms with Crippen molar-refractivity contribution in [3.05, 3.63) is 30.1 Å².